The third kappa shape index (κ3) is 5.33. The van der Waals surface area contributed by atoms with E-state index in [-0.39, 0.29) is 27.9 Å². The van der Waals surface area contributed by atoms with Crippen LogP contribution in [-0.2, 0) is 10.0 Å². The van der Waals surface area contributed by atoms with Gasteiger partial charge in [-0.15, -0.1) is 0 Å². The number of anilines is 1. The molecule has 1 heterocycles. The van der Waals surface area contributed by atoms with Crippen LogP contribution in [0.15, 0.2) is 53.4 Å². The molecule has 1 aliphatic rings. The molecule has 35 heavy (non-hydrogen) atoms. The molecular weight excluding hydrogens is 474 g/mol. The van der Waals surface area contributed by atoms with Crippen LogP contribution in [-0.4, -0.2) is 42.2 Å². The molecule has 4 rings (SSSR count). The lowest BCUT2D eigenvalue weighted by atomic mass is 10.2. The monoisotopic (exact) mass is 499 g/mol. The van der Waals surface area contributed by atoms with E-state index in [9.17, 15) is 23.3 Å². The van der Waals surface area contributed by atoms with E-state index >= 15 is 0 Å². The summed E-state index contributed by atoms with van der Waals surface area (Å²) < 4.78 is 35.5. The number of amides is 1. The molecule has 2 aromatic carbocycles. The standard InChI is InChI=1S/C23H25N5O6S/c1-15-13-22(27(25-15)18-8-10-19(11-9-18)28(30)31)24-23(29)16-7-12-20(34-2)21(14-16)35(32,33)26-17-5-3-4-6-17/h7-14,17,26H,3-6H2,1-2H3,(H,24,29). The minimum absolute atomic E-state index is 0.0681. The molecule has 2 N–H and O–H groups in total. The summed E-state index contributed by atoms with van der Waals surface area (Å²) >= 11 is 0. The molecule has 1 saturated carbocycles. The maximum Gasteiger partial charge on any atom is 0.269 e. The average molecular weight is 500 g/mol. The summed E-state index contributed by atoms with van der Waals surface area (Å²) in [5.74, 6) is -0.0856. The predicted molar refractivity (Wildman–Crippen MR) is 128 cm³/mol. The molecule has 3 aromatic rings. The van der Waals surface area contributed by atoms with Crippen molar-refractivity contribution in [1.82, 2.24) is 14.5 Å². The van der Waals surface area contributed by atoms with Crippen LogP contribution >= 0.6 is 0 Å². The van der Waals surface area contributed by atoms with Crippen molar-refractivity contribution in [3.8, 4) is 11.4 Å². The van der Waals surface area contributed by atoms with Gasteiger partial charge in [0.25, 0.3) is 11.6 Å². The first-order valence-corrected chi connectivity index (χ1v) is 12.5. The molecule has 11 nitrogen and oxygen atoms in total. The van der Waals surface area contributed by atoms with Gasteiger partial charge in [-0.3, -0.25) is 14.9 Å². The van der Waals surface area contributed by atoms with Crippen LogP contribution < -0.4 is 14.8 Å². The number of benzene rings is 2. The van der Waals surface area contributed by atoms with E-state index in [1.165, 1.54) is 54.3 Å². The Morgan fingerprint density at radius 1 is 1.14 bits per heavy atom. The molecule has 1 fully saturated rings. The lowest BCUT2D eigenvalue weighted by molar-refractivity contribution is -0.384. The number of nitrogens with one attached hydrogen (secondary N) is 2. The Morgan fingerprint density at radius 3 is 2.46 bits per heavy atom. The van der Waals surface area contributed by atoms with Crippen molar-refractivity contribution in [1.29, 1.82) is 0 Å². The molecule has 1 aliphatic carbocycles. The van der Waals surface area contributed by atoms with Crippen LogP contribution in [0.2, 0.25) is 0 Å². The minimum atomic E-state index is -3.90. The quantitative estimate of drug-likeness (QED) is 0.356. The second-order valence-corrected chi connectivity index (χ2v) is 9.96. The van der Waals surface area contributed by atoms with Crippen LogP contribution in [0.4, 0.5) is 11.5 Å². The first-order valence-electron chi connectivity index (χ1n) is 11.0. The van der Waals surface area contributed by atoms with Gasteiger partial charge in [-0.1, -0.05) is 12.8 Å². The smallest absolute Gasteiger partial charge is 0.269 e. The van der Waals surface area contributed by atoms with Crippen LogP contribution in [0.25, 0.3) is 5.69 Å². The molecular formula is C23H25N5O6S. The molecule has 184 valence electrons. The van der Waals surface area contributed by atoms with Gasteiger partial charge in [0, 0.05) is 29.8 Å². The number of nitrogens with zero attached hydrogens (tertiary/aromatic N) is 3. The molecule has 1 aromatic heterocycles. The Kier molecular flexibility index (Phi) is 6.85. The van der Waals surface area contributed by atoms with E-state index in [4.69, 9.17) is 4.74 Å². The third-order valence-electron chi connectivity index (χ3n) is 5.77. The number of carbonyl (C=O) groups is 1. The number of non-ortho nitro benzene ring substituents is 1. The number of aromatic nitrogens is 2. The highest BCUT2D eigenvalue weighted by Gasteiger charge is 2.27. The summed E-state index contributed by atoms with van der Waals surface area (Å²) in [6.07, 6.45) is 3.48. The normalized spacial score (nSPS) is 14.1. The molecule has 0 radical (unpaired) electrons. The van der Waals surface area contributed by atoms with Gasteiger partial charge in [-0.05, 0) is 50.1 Å². The van der Waals surface area contributed by atoms with Crippen LogP contribution in [0, 0.1) is 17.0 Å². The summed E-state index contributed by atoms with van der Waals surface area (Å²) in [4.78, 5) is 23.4. The Hall–Kier alpha value is -3.77. The Balaban J connectivity index is 1.61. The van der Waals surface area contributed by atoms with Gasteiger partial charge >= 0.3 is 0 Å². The minimum Gasteiger partial charge on any atom is -0.495 e. The van der Waals surface area contributed by atoms with Crippen LogP contribution in [0.5, 0.6) is 5.75 Å². The Morgan fingerprint density at radius 2 is 1.83 bits per heavy atom. The number of nitro benzene ring substituents is 1. The van der Waals surface area contributed by atoms with E-state index in [1.807, 2.05) is 0 Å². The second-order valence-electron chi connectivity index (χ2n) is 8.28. The number of nitro groups is 1. The predicted octanol–water partition coefficient (Wildman–Crippen LogP) is 3.57. The van der Waals surface area contributed by atoms with Crippen molar-refractivity contribution < 1.29 is 22.9 Å². The van der Waals surface area contributed by atoms with Gasteiger partial charge in [-0.2, -0.15) is 5.10 Å². The van der Waals surface area contributed by atoms with Gasteiger partial charge in [0.1, 0.15) is 16.5 Å². The fraction of sp³-hybridized carbons (Fsp3) is 0.304. The number of hydrogen-bond acceptors (Lipinski definition) is 7. The summed E-state index contributed by atoms with van der Waals surface area (Å²) in [6, 6.07) is 11.4. The van der Waals surface area contributed by atoms with Crippen molar-refractivity contribution in [3.05, 3.63) is 69.9 Å². The average Bonchev–Trinajstić information content (AvgIpc) is 3.47. The van der Waals surface area contributed by atoms with Gasteiger partial charge in [0.2, 0.25) is 10.0 Å². The van der Waals surface area contributed by atoms with Gasteiger partial charge in [0.05, 0.1) is 23.4 Å². The summed E-state index contributed by atoms with van der Waals surface area (Å²) in [6.45, 7) is 1.74. The number of sulfonamides is 1. The third-order valence-corrected chi connectivity index (χ3v) is 7.31. The zero-order chi connectivity index (χ0) is 25.2. The molecule has 0 saturated heterocycles. The zero-order valence-corrected chi connectivity index (χ0v) is 20.0. The number of aryl methyl sites for hydroxylation is 1. The SMILES string of the molecule is COc1ccc(C(=O)Nc2cc(C)nn2-c2ccc([N+](=O)[O-])cc2)cc1S(=O)(=O)NC1CCCC1. The topological polar surface area (TPSA) is 145 Å². The van der Waals surface area contributed by atoms with Crippen molar-refractivity contribution in [2.75, 3.05) is 12.4 Å². The number of hydrogen-bond donors (Lipinski definition) is 2. The fourth-order valence-electron chi connectivity index (χ4n) is 4.04. The molecule has 0 aliphatic heterocycles. The highest BCUT2D eigenvalue weighted by atomic mass is 32.2. The Labute approximate surface area is 202 Å². The lowest BCUT2D eigenvalue weighted by Crippen LogP contribution is -2.33. The van der Waals surface area contributed by atoms with E-state index in [1.54, 1.807) is 13.0 Å². The van der Waals surface area contributed by atoms with Crippen LogP contribution in [0.1, 0.15) is 41.7 Å². The number of methoxy groups -OCH3 is 1. The summed E-state index contributed by atoms with van der Waals surface area (Å²) in [7, 11) is -2.53. The number of ether oxygens (including phenoxy) is 1. The molecule has 1 amide bonds. The Bertz CT molecular complexity index is 1360. The first-order chi connectivity index (χ1) is 16.7. The van der Waals surface area contributed by atoms with Crippen molar-refractivity contribution in [3.63, 3.8) is 0 Å². The van der Waals surface area contributed by atoms with Crippen molar-refractivity contribution in [2.45, 2.75) is 43.5 Å². The zero-order valence-electron chi connectivity index (χ0n) is 19.2. The highest BCUT2D eigenvalue weighted by molar-refractivity contribution is 7.89. The molecule has 0 atom stereocenters. The maximum absolute atomic E-state index is 13.1. The van der Waals surface area contributed by atoms with Crippen molar-refractivity contribution in [2.24, 2.45) is 0 Å². The molecule has 0 unspecified atom stereocenters. The largest absolute Gasteiger partial charge is 0.495 e. The van der Waals surface area contributed by atoms with Crippen LogP contribution in [0.3, 0.4) is 0 Å². The molecule has 0 bridgehead atoms. The van der Waals surface area contributed by atoms with Gasteiger partial charge in [0.15, 0.2) is 0 Å². The maximum atomic E-state index is 13.1. The number of carbonyl (C=O) groups excluding carboxylic acids is 1. The van der Waals surface area contributed by atoms with E-state index < -0.39 is 20.9 Å². The highest BCUT2D eigenvalue weighted by Crippen LogP contribution is 2.28. The van der Waals surface area contributed by atoms with Gasteiger partial charge < -0.3 is 10.1 Å². The number of rotatable bonds is 8. The molecule has 12 heteroatoms. The van der Waals surface area contributed by atoms with E-state index in [2.05, 4.69) is 15.1 Å². The van der Waals surface area contributed by atoms with E-state index in [0.29, 0.717) is 17.2 Å². The van der Waals surface area contributed by atoms with Gasteiger partial charge in [-0.25, -0.2) is 17.8 Å². The first kappa shape index (κ1) is 24.4. The lowest BCUT2D eigenvalue weighted by Gasteiger charge is -2.16. The molecule has 0 spiro atoms. The summed E-state index contributed by atoms with van der Waals surface area (Å²) in [5, 5.41) is 18.0. The summed E-state index contributed by atoms with van der Waals surface area (Å²) in [5.41, 5.74) is 1.17. The van der Waals surface area contributed by atoms with E-state index in [0.717, 1.165) is 25.7 Å². The second kappa shape index (κ2) is 9.84. The van der Waals surface area contributed by atoms with Crippen molar-refractivity contribution >= 4 is 27.4 Å². The fourth-order valence-corrected chi connectivity index (χ4v) is 5.54.